The first-order chi connectivity index (χ1) is 9.65. The Labute approximate surface area is 126 Å². The Bertz CT molecular complexity index is 611. The molecule has 102 valence electrons. The molecule has 0 saturated heterocycles. The lowest BCUT2D eigenvalue weighted by Crippen LogP contribution is -2.25. The number of nitrogens with zero attached hydrogens (tertiary/aromatic N) is 1. The van der Waals surface area contributed by atoms with E-state index in [1.54, 1.807) is 12.3 Å². The average Bonchev–Trinajstić information content (AvgIpc) is 2.46. The third-order valence-electron chi connectivity index (χ3n) is 2.77. The molecule has 1 atom stereocenters. The van der Waals surface area contributed by atoms with E-state index < -0.39 is 0 Å². The third-order valence-corrected chi connectivity index (χ3v) is 3.26. The van der Waals surface area contributed by atoms with Gasteiger partial charge in [0.1, 0.15) is 0 Å². The molecule has 1 heterocycles. The Morgan fingerprint density at radius 2 is 2.15 bits per heavy atom. The molecule has 1 amide bonds. The summed E-state index contributed by atoms with van der Waals surface area (Å²) in [5, 5.41) is 2.88. The lowest BCUT2D eigenvalue weighted by atomic mass is 10.2. The largest absolute Gasteiger partial charge is 0.344 e. The molecule has 0 saturated carbocycles. The minimum absolute atomic E-state index is 0.115. The summed E-state index contributed by atoms with van der Waals surface area (Å²) in [6.07, 6.45) is 5.03. The number of benzene rings is 1. The molecule has 0 fully saturated rings. The van der Waals surface area contributed by atoms with Gasteiger partial charge in [0.15, 0.2) is 0 Å². The second-order valence-electron chi connectivity index (χ2n) is 4.37. The lowest BCUT2D eigenvalue weighted by Gasteiger charge is -2.11. The van der Waals surface area contributed by atoms with Gasteiger partial charge in [0, 0.05) is 16.7 Å². The van der Waals surface area contributed by atoms with E-state index in [1.165, 1.54) is 6.08 Å². The van der Waals surface area contributed by atoms with Gasteiger partial charge in [0.25, 0.3) is 0 Å². The summed E-state index contributed by atoms with van der Waals surface area (Å²) >= 11 is 3.40. The van der Waals surface area contributed by atoms with Crippen LogP contribution in [-0.4, -0.2) is 10.9 Å². The van der Waals surface area contributed by atoms with Crippen molar-refractivity contribution in [1.82, 2.24) is 10.3 Å². The van der Waals surface area contributed by atoms with Crippen LogP contribution in [0.2, 0.25) is 0 Å². The van der Waals surface area contributed by atoms with Crippen LogP contribution in [0.5, 0.6) is 0 Å². The maximum Gasteiger partial charge on any atom is 0.244 e. The number of amides is 1. The van der Waals surface area contributed by atoms with Gasteiger partial charge in [-0.25, -0.2) is 0 Å². The van der Waals surface area contributed by atoms with E-state index in [1.807, 2.05) is 49.4 Å². The summed E-state index contributed by atoms with van der Waals surface area (Å²) < 4.78 is 0.988. The van der Waals surface area contributed by atoms with E-state index in [2.05, 4.69) is 26.2 Å². The van der Waals surface area contributed by atoms with Crippen LogP contribution in [0.25, 0.3) is 6.08 Å². The number of carbonyl (C=O) groups is 1. The zero-order valence-electron chi connectivity index (χ0n) is 11.1. The first-order valence-corrected chi connectivity index (χ1v) is 7.09. The van der Waals surface area contributed by atoms with Crippen LogP contribution in [-0.2, 0) is 4.79 Å². The van der Waals surface area contributed by atoms with Crippen molar-refractivity contribution in [2.24, 2.45) is 0 Å². The van der Waals surface area contributed by atoms with Crippen LogP contribution in [0.3, 0.4) is 0 Å². The molecule has 2 aromatic rings. The summed E-state index contributed by atoms with van der Waals surface area (Å²) in [5.74, 6) is -0.136. The molecule has 0 aliphatic carbocycles. The van der Waals surface area contributed by atoms with Crippen molar-refractivity contribution in [3.8, 4) is 0 Å². The van der Waals surface area contributed by atoms with Gasteiger partial charge < -0.3 is 5.32 Å². The fourth-order valence-electron chi connectivity index (χ4n) is 1.75. The van der Waals surface area contributed by atoms with Gasteiger partial charge in [-0.15, -0.1) is 0 Å². The lowest BCUT2D eigenvalue weighted by molar-refractivity contribution is -0.117. The fraction of sp³-hybridized carbons (Fsp3) is 0.125. The highest BCUT2D eigenvalue weighted by atomic mass is 79.9. The number of halogens is 1. The predicted octanol–water partition coefficient (Wildman–Crippen LogP) is 3.73. The van der Waals surface area contributed by atoms with Crippen LogP contribution in [0.15, 0.2) is 59.2 Å². The van der Waals surface area contributed by atoms with Gasteiger partial charge in [-0.2, -0.15) is 0 Å². The van der Waals surface area contributed by atoms with E-state index >= 15 is 0 Å². The molecule has 3 nitrogen and oxygen atoms in total. The molecule has 0 aliphatic rings. The molecule has 0 spiro atoms. The molecular weight excluding hydrogens is 316 g/mol. The zero-order valence-corrected chi connectivity index (χ0v) is 12.7. The summed E-state index contributed by atoms with van der Waals surface area (Å²) in [5.41, 5.74) is 1.82. The Hall–Kier alpha value is -1.94. The number of aromatic nitrogens is 1. The van der Waals surface area contributed by atoms with E-state index in [0.717, 1.165) is 15.7 Å². The van der Waals surface area contributed by atoms with Gasteiger partial charge in [-0.3, -0.25) is 9.78 Å². The minimum Gasteiger partial charge on any atom is -0.344 e. The van der Waals surface area contributed by atoms with Gasteiger partial charge in [-0.05, 0) is 42.8 Å². The van der Waals surface area contributed by atoms with Crippen LogP contribution in [0, 0.1) is 0 Å². The summed E-state index contributed by atoms with van der Waals surface area (Å²) in [4.78, 5) is 16.1. The SMILES string of the molecule is CC(NC(=O)C=Cc1cccc(Br)c1)c1ccccn1. The number of pyridine rings is 1. The van der Waals surface area contributed by atoms with Crippen molar-refractivity contribution in [3.63, 3.8) is 0 Å². The van der Waals surface area contributed by atoms with Gasteiger partial charge in [0.05, 0.1) is 11.7 Å². The van der Waals surface area contributed by atoms with Crippen LogP contribution >= 0.6 is 15.9 Å². The van der Waals surface area contributed by atoms with Crippen molar-refractivity contribution in [3.05, 3.63) is 70.5 Å². The van der Waals surface area contributed by atoms with Gasteiger partial charge in [0.2, 0.25) is 5.91 Å². The Balaban J connectivity index is 1.96. The Kier molecular flexibility index (Phi) is 5.07. The number of hydrogen-bond acceptors (Lipinski definition) is 2. The third kappa shape index (κ3) is 4.31. The molecule has 0 bridgehead atoms. The summed E-state index contributed by atoms with van der Waals surface area (Å²) in [7, 11) is 0. The molecular formula is C16H15BrN2O. The quantitative estimate of drug-likeness (QED) is 0.868. The molecule has 2 rings (SSSR count). The highest BCUT2D eigenvalue weighted by molar-refractivity contribution is 9.10. The van der Waals surface area contributed by atoms with E-state index in [4.69, 9.17) is 0 Å². The first-order valence-electron chi connectivity index (χ1n) is 6.30. The van der Waals surface area contributed by atoms with Crippen molar-refractivity contribution in [2.75, 3.05) is 0 Å². The molecule has 0 aliphatic heterocycles. The molecule has 20 heavy (non-hydrogen) atoms. The number of hydrogen-bond donors (Lipinski definition) is 1. The molecule has 1 aromatic heterocycles. The Morgan fingerprint density at radius 1 is 1.30 bits per heavy atom. The monoisotopic (exact) mass is 330 g/mol. The second-order valence-corrected chi connectivity index (χ2v) is 5.29. The summed E-state index contributed by atoms with van der Waals surface area (Å²) in [6, 6.07) is 13.3. The van der Waals surface area contributed by atoms with Gasteiger partial charge >= 0.3 is 0 Å². The molecule has 0 radical (unpaired) electrons. The first kappa shape index (κ1) is 14.5. The Morgan fingerprint density at radius 3 is 2.85 bits per heavy atom. The zero-order chi connectivity index (χ0) is 14.4. The molecule has 4 heteroatoms. The average molecular weight is 331 g/mol. The standard InChI is InChI=1S/C16H15BrN2O/c1-12(15-7-2-3-10-18-15)19-16(20)9-8-13-5-4-6-14(17)11-13/h2-12H,1H3,(H,19,20). The fourth-order valence-corrected chi connectivity index (χ4v) is 2.17. The molecule has 1 unspecified atom stereocenters. The smallest absolute Gasteiger partial charge is 0.244 e. The van der Waals surface area contributed by atoms with E-state index in [-0.39, 0.29) is 11.9 Å². The number of carbonyl (C=O) groups excluding carboxylic acids is 1. The maximum absolute atomic E-state index is 11.8. The van der Waals surface area contributed by atoms with Crippen molar-refractivity contribution in [2.45, 2.75) is 13.0 Å². The molecule has 1 N–H and O–H groups in total. The number of nitrogens with one attached hydrogen (secondary N) is 1. The predicted molar refractivity (Wildman–Crippen MR) is 84.0 cm³/mol. The molecule has 1 aromatic carbocycles. The topological polar surface area (TPSA) is 42.0 Å². The van der Waals surface area contributed by atoms with E-state index in [9.17, 15) is 4.79 Å². The van der Waals surface area contributed by atoms with Crippen molar-refractivity contribution in [1.29, 1.82) is 0 Å². The minimum atomic E-state index is -0.136. The second kappa shape index (κ2) is 7.01. The van der Waals surface area contributed by atoms with Crippen LogP contribution in [0.4, 0.5) is 0 Å². The van der Waals surface area contributed by atoms with Crippen molar-refractivity contribution >= 4 is 27.9 Å². The van der Waals surface area contributed by atoms with Gasteiger partial charge in [-0.1, -0.05) is 34.1 Å². The van der Waals surface area contributed by atoms with Crippen LogP contribution < -0.4 is 5.32 Å². The summed E-state index contributed by atoms with van der Waals surface area (Å²) in [6.45, 7) is 1.91. The number of rotatable bonds is 4. The normalized spacial score (nSPS) is 12.3. The highest BCUT2D eigenvalue weighted by Gasteiger charge is 2.07. The van der Waals surface area contributed by atoms with Crippen LogP contribution in [0.1, 0.15) is 24.2 Å². The maximum atomic E-state index is 11.8. The van der Waals surface area contributed by atoms with Crippen molar-refractivity contribution < 1.29 is 4.79 Å². The highest BCUT2D eigenvalue weighted by Crippen LogP contribution is 2.13. The van der Waals surface area contributed by atoms with E-state index in [0.29, 0.717) is 0 Å².